The van der Waals surface area contributed by atoms with Gasteiger partial charge in [-0.2, -0.15) is 5.26 Å². The van der Waals surface area contributed by atoms with Crippen LogP contribution < -0.4 is 4.74 Å². The number of nitrogens with zero attached hydrogens (tertiary/aromatic N) is 1. The van der Waals surface area contributed by atoms with E-state index in [2.05, 4.69) is 22.0 Å². The second-order valence-corrected chi connectivity index (χ2v) is 7.13. The fourth-order valence-electron chi connectivity index (χ4n) is 2.52. The molecule has 0 saturated carbocycles. The number of rotatable bonds is 5. The van der Waals surface area contributed by atoms with Gasteiger partial charge in [-0.25, -0.2) is 4.39 Å². The van der Waals surface area contributed by atoms with Gasteiger partial charge in [-0.15, -0.1) is 0 Å². The molecule has 3 aromatic carbocycles. The van der Waals surface area contributed by atoms with Gasteiger partial charge in [0.2, 0.25) is 0 Å². The first-order valence-electron chi connectivity index (χ1n) is 8.10. The molecule has 27 heavy (non-hydrogen) atoms. The molecule has 0 aliphatic rings. The summed E-state index contributed by atoms with van der Waals surface area (Å²) in [4.78, 5) is 0. The van der Waals surface area contributed by atoms with Crippen molar-refractivity contribution in [2.75, 3.05) is 0 Å². The Labute approximate surface area is 170 Å². The van der Waals surface area contributed by atoms with E-state index < -0.39 is 0 Å². The Hall–Kier alpha value is -2.61. The number of allylic oxidation sites excluding steroid dienone is 1. The van der Waals surface area contributed by atoms with E-state index in [-0.39, 0.29) is 12.4 Å². The van der Waals surface area contributed by atoms with Crippen LogP contribution in [-0.4, -0.2) is 0 Å². The zero-order valence-corrected chi connectivity index (χ0v) is 16.5. The normalized spacial score (nSPS) is 11.1. The van der Waals surface area contributed by atoms with Gasteiger partial charge in [-0.1, -0.05) is 51.8 Å². The third-order valence-corrected chi connectivity index (χ3v) is 4.59. The second-order valence-electron chi connectivity index (χ2n) is 5.78. The van der Waals surface area contributed by atoms with E-state index in [0.717, 1.165) is 10.0 Å². The smallest absolute Gasteiger partial charge is 0.127 e. The Morgan fingerprint density at radius 2 is 1.89 bits per heavy atom. The minimum Gasteiger partial charge on any atom is -0.488 e. The van der Waals surface area contributed by atoms with Gasteiger partial charge in [-0.05, 0) is 59.7 Å². The summed E-state index contributed by atoms with van der Waals surface area (Å²) in [6.07, 6.45) is 1.73. The number of hydrogen-bond acceptors (Lipinski definition) is 2. The molecule has 0 spiro atoms. The first-order chi connectivity index (χ1) is 13.0. The molecule has 0 N–H and O–H groups in total. The van der Waals surface area contributed by atoms with Crippen molar-refractivity contribution in [1.82, 2.24) is 0 Å². The fraction of sp³-hybridized carbons (Fsp3) is 0.0455. The van der Waals surface area contributed by atoms with Crippen LogP contribution in [0.3, 0.4) is 0 Å². The maximum atomic E-state index is 13.3. The topological polar surface area (TPSA) is 33.0 Å². The molecular weight excluding hydrogens is 429 g/mol. The van der Waals surface area contributed by atoms with Gasteiger partial charge in [-0.3, -0.25) is 0 Å². The highest BCUT2D eigenvalue weighted by Gasteiger charge is 2.08. The minimum absolute atomic E-state index is 0.209. The van der Waals surface area contributed by atoms with Crippen molar-refractivity contribution in [3.63, 3.8) is 0 Å². The standard InChI is InChI=1S/C22H14BrClFNO/c23-19-6-4-16(5-7-19)18(13-26)11-17-12-20(24)8-9-22(17)27-14-15-2-1-3-21(25)10-15/h1-12H,14H2/b18-11+. The van der Waals surface area contributed by atoms with E-state index in [0.29, 0.717) is 27.5 Å². The van der Waals surface area contributed by atoms with Crippen molar-refractivity contribution >= 4 is 39.2 Å². The van der Waals surface area contributed by atoms with Gasteiger partial charge in [0.1, 0.15) is 18.2 Å². The molecule has 0 radical (unpaired) electrons. The third kappa shape index (κ3) is 5.19. The van der Waals surface area contributed by atoms with E-state index in [1.54, 1.807) is 36.4 Å². The van der Waals surface area contributed by atoms with E-state index in [9.17, 15) is 9.65 Å². The Balaban J connectivity index is 1.91. The Bertz CT molecular complexity index is 1030. The van der Waals surface area contributed by atoms with Crippen molar-refractivity contribution in [1.29, 1.82) is 5.26 Å². The molecular formula is C22H14BrClFNO. The van der Waals surface area contributed by atoms with Gasteiger partial charge in [0.15, 0.2) is 0 Å². The summed E-state index contributed by atoms with van der Waals surface area (Å²) in [5.41, 5.74) is 2.67. The maximum Gasteiger partial charge on any atom is 0.127 e. The molecule has 0 saturated heterocycles. The predicted molar refractivity (Wildman–Crippen MR) is 110 cm³/mol. The van der Waals surface area contributed by atoms with Crippen LogP contribution >= 0.6 is 27.5 Å². The largest absolute Gasteiger partial charge is 0.488 e. The second kappa shape index (κ2) is 8.85. The summed E-state index contributed by atoms with van der Waals surface area (Å²) in [5.74, 6) is 0.253. The molecule has 0 heterocycles. The van der Waals surface area contributed by atoms with Crippen molar-refractivity contribution in [3.8, 4) is 11.8 Å². The average molecular weight is 443 g/mol. The molecule has 3 aromatic rings. The summed E-state index contributed by atoms with van der Waals surface area (Å²) < 4.78 is 20.1. The van der Waals surface area contributed by atoms with Gasteiger partial charge in [0.05, 0.1) is 11.6 Å². The van der Waals surface area contributed by atoms with Crippen LogP contribution in [0.15, 0.2) is 71.2 Å². The lowest BCUT2D eigenvalue weighted by Crippen LogP contribution is -1.97. The monoisotopic (exact) mass is 441 g/mol. The SMILES string of the molecule is N#C/C(=C\c1cc(Cl)ccc1OCc1cccc(F)c1)c1ccc(Br)cc1. The van der Waals surface area contributed by atoms with Crippen molar-refractivity contribution < 1.29 is 9.13 Å². The van der Waals surface area contributed by atoms with Crippen LogP contribution in [0.1, 0.15) is 16.7 Å². The molecule has 5 heteroatoms. The van der Waals surface area contributed by atoms with Gasteiger partial charge in [0, 0.05) is 15.1 Å². The van der Waals surface area contributed by atoms with Crippen LogP contribution in [-0.2, 0) is 6.61 Å². The molecule has 0 atom stereocenters. The Morgan fingerprint density at radius 3 is 2.59 bits per heavy atom. The quantitative estimate of drug-likeness (QED) is 0.318. The lowest BCUT2D eigenvalue weighted by atomic mass is 10.0. The van der Waals surface area contributed by atoms with Crippen molar-refractivity contribution in [3.05, 3.63) is 98.7 Å². The van der Waals surface area contributed by atoms with E-state index in [4.69, 9.17) is 16.3 Å². The van der Waals surface area contributed by atoms with Crippen LogP contribution in [0.4, 0.5) is 4.39 Å². The van der Waals surface area contributed by atoms with Gasteiger partial charge in [0.25, 0.3) is 0 Å². The molecule has 134 valence electrons. The van der Waals surface area contributed by atoms with E-state index in [1.807, 2.05) is 24.3 Å². The first-order valence-corrected chi connectivity index (χ1v) is 9.27. The predicted octanol–water partition coefficient (Wildman–Crippen LogP) is 6.88. The lowest BCUT2D eigenvalue weighted by molar-refractivity contribution is 0.305. The molecule has 3 rings (SSSR count). The summed E-state index contributed by atoms with van der Waals surface area (Å²) in [5, 5.41) is 10.1. The maximum absolute atomic E-state index is 13.3. The zero-order chi connectivity index (χ0) is 19.2. The van der Waals surface area contributed by atoms with Gasteiger partial charge >= 0.3 is 0 Å². The lowest BCUT2D eigenvalue weighted by Gasteiger charge is -2.11. The molecule has 0 amide bonds. The first kappa shape index (κ1) is 19.2. The number of hydrogen-bond donors (Lipinski definition) is 0. The minimum atomic E-state index is -0.311. The van der Waals surface area contributed by atoms with Crippen LogP contribution in [0.5, 0.6) is 5.75 Å². The summed E-state index contributed by atoms with van der Waals surface area (Å²) in [7, 11) is 0. The van der Waals surface area contributed by atoms with Gasteiger partial charge < -0.3 is 4.74 Å². The highest BCUT2D eigenvalue weighted by molar-refractivity contribution is 9.10. The van der Waals surface area contributed by atoms with Crippen molar-refractivity contribution in [2.24, 2.45) is 0 Å². The number of halogens is 3. The highest BCUT2D eigenvalue weighted by atomic mass is 79.9. The molecule has 0 aromatic heterocycles. The zero-order valence-electron chi connectivity index (χ0n) is 14.1. The summed E-state index contributed by atoms with van der Waals surface area (Å²) >= 11 is 9.51. The van der Waals surface area contributed by atoms with Crippen LogP contribution in [0, 0.1) is 17.1 Å². The summed E-state index contributed by atoms with van der Waals surface area (Å²) in [6.45, 7) is 0.209. The molecule has 0 aliphatic carbocycles. The summed E-state index contributed by atoms with van der Waals surface area (Å²) in [6, 6.07) is 21.1. The van der Waals surface area contributed by atoms with E-state index >= 15 is 0 Å². The van der Waals surface area contributed by atoms with E-state index in [1.165, 1.54) is 12.1 Å². The molecule has 0 aliphatic heterocycles. The number of benzene rings is 3. The fourth-order valence-corrected chi connectivity index (χ4v) is 2.96. The molecule has 0 bridgehead atoms. The number of nitriles is 1. The third-order valence-electron chi connectivity index (χ3n) is 3.83. The molecule has 0 fully saturated rings. The average Bonchev–Trinajstić information content (AvgIpc) is 2.66. The van der Waals surface area contributed by atoms with Crippen LogP contribution in [0.2, 0.25) is 5.02 Å². The molecule has 2 nitrogen and oxygen atoms in total. The Morgan fingerprint density at radius 1 is 1.11 bits per heavy atom. The molecule has 0 unspecified atom stereocenters. The number of ether oxygens (including phenoxy) is 1. The van der Waals surface area contributed by atoms with Crippen molar-refractivity contribution in [2.45, 2.75) is 6.61 Å². The highest BCUT2D eigenvalue weighted by Crippen LogP contribution is 2.29. The Kier molecular flexibility index (Phi) is 6.28. The van der Waals surface area contributed by atoms with Crippen LogP contribution in [0.25, 0.3) is 11.6 Å².